The highest BCUT2D eigenvalue weighted by Crippen LogP contribution is 2.43. The fourth-order valence-corrected chi connectivity index (χ4v) is 4.60. The first-order valence-corrected chi connectivity index (χ1v) is 10.1. The number of ether oxygens (including phenoxy) is 1. The van der Waals surface area contributed by atoms with Crippen LogP contribution in [0.15, 0.2) is 4.99 Å². The van der Waals surface area contributed by atoms with Crippen LogP contribution in [0.3, 0.4) is 0 Å². The van der Waals surface area contributed by atoms with Crippen LogP contribution in [0.2, 0.25) is 0 Å². The molecule has 1 saturated carbocycles. The Morgan fingerprint density at radius 2 is 1.84 bits per heavy atom. The monoisotopic (exact) mass is 464 g/mol. The first-order chi connectivity index (χ1) is 11.7. The zero-order valence-electron chi connectivity index (χ0n) is 16.1. The van der Waals surface area contributed by atoms with Gasteiger partial charge in [-0.05, 0) is 38.5 Å². The van der Waals surface area contributed by atoms with E-state index in [-0.39, 0.29) is 24.0 Å². The number of nitrogens with one attached hydrogen (secondary N) is 1. The summed E-state index contributed by atoms with van der Waals surface area (Å²) in [6, 6.07) is 0.494. The van der Waals surface area contributed by atoms with E-state index < -0.39 is 0 Å². The first kappa shape index (κ1) is 21.2. The van der Waals surface area contributed by atoms with Crippen molar-refractivity contribution in [3.8, 4) is 0 Å². The van der Waals surface area contributed by atoms with Crippen molar-refractivity contribution < 1.29 is 4.74 Å². The number of nitrogens with zero attached hydrogens (tertiary/aromatic N) is 3. The minimum Gasteiger partial charge on any atom is -0.379 e. The van der Waals surface area contributed by atoms with Gasteiger partial charge in [-0.1, -0.05) is 19.3 Å². The molecule has 0 radical (unpaired) electrons. The van der Waals surface area contributed by atoms with Crippen LogP contribution in [0.5, 0.6) is 0 Å². The molecule has 1 unspecified atom stereocenters. The van der Waals surface area contributed by atoms with Crippen molar-refractivity contribution in [3.63, 3.8) is 0 Å². The van der Waals surface area contributed by atoms with E-state index in [2.05, 4.69) is 29.0 Å². The van der Waals surface area contributed by atoms with Gasteiger partial charge in [0.15, 0.2) is 5.96 Å². The fraction of sp³-hybridized carbons (Fsp3) is 0.947. The normalized spacial score (nSPS) is 25.7. The standard InChI is InChI=1S/C19H36N4O.HI/c1-3-20-18(21-15-17(2)22-11-13-24-14-12-22)23-10-9-19(16-23)7-5-4-6-8-19;/h17H,3-16H2,1-2H3,(H,20,21);1H. The summed E-state index contributed by atoms with van der Waals surface area (Å²) in [5.41, 5.74) is 0.588. The van der Waals surface area contributed by atoms with Gasteiger partial charge in [0.1, 0.15) is 0 Å². The maximum absolute atomic E-state index is 5.46. The van der Waals surface area contributed by atoms with Crippen molar-refractivity contribution >= 4 is 29.9 Å². The number of guanidine groups is 1. The zero-order chi connectivity index (χ0) is 16.8. The third-order valence-electron chi connectivity index (χ3n) is 6.16. The number of hydrogen-bond acceptors (Lipinski definition) is 3. The third kappa shape index (κ3) is 5.70. The molecule has 2 saturated heterocycles. The molecule has 1 spiro atoms. The lowest BCUT2D eigenvalue weighted by Crippen LogP contribution is -2.45. The Labute approximate surface area is 171 Å². The molecule has 0 bridgehead atoms. The number of rotatable bonds is 4. The molecule has 3 aliphatic rings. The van der Waals surface area contributed by atoms with E-state index in [1.54, 1.807) is 0 Å². The predicted octanol–water partition coefficient (Wildman–Crippen LogP) is 2.95. The van der Waals surface area contributed by atoms with Crippen LogP contribution in [0.25, 0.3) is 0 Å². The number of hydrogen-bond donors (Lipinski definition) is 1. The van der Waals surface area contributed by atoms with Crippen LogP contribution in [0.1, 0.15) is 52.4 Å². The van der Waals surface area contributed by atoms with E-state index in [0.717, 1.165) is 45.4 Å². The van der Waals surface area contributed by atoms with E-state index in [9.17, 15) is 0 Å². The van der Waals surface area contributed by atoms with Crippen molar-refractivity contribution in [2.24, 2.45) is 10.4 Å². The van der Waals surface area contributed by atoms with Gasteiger partial charge in [-0.25, -0.2) is 0 Å². The Bertz CT molecular complexity index is 420. The average Bonchev–Trinajstić information content (AvgIpc) is 3.03. The third-order valence-corrected chi connectivity index (χ3v) is 6.16. The second-order valence-corrected chi connectivity index (χ2v) is 7.92. The van der Waals surface area contributed by atoms with Crippen molar-refractivity contribution in [3.05, 3.63) is 0 Å². The average molecular weight is 464 g/mol. The molecule has 146 valence electrons. The van der Waals surface area contributed by atoms with Gasteiger partial charge < -0.3 is 15.0 Å². The smallest absolute Gasteiger partial charge is 0.193 e. The molecular formula is C19H37IN4O. The van der Waals surface area contributed by atoms with Crippen LogP contribution in [0, 0.1) is 5.41 Å². The number of aliphatic imine (C=N–C) groups is 1. The van der Waals surface area contributed by atoms with E-state index in [1.165, 1.54) is 51.6 Å². The molecule has 2 aliphatic heterocycles. The molecule has 6 heteroatoms. The number of morpholine rings is 1. The lowest BCUT2D eigenvalue weighted by atomic mass is 9.73. The van der Waals surface area contributed by atoms with Gasteiger partial charge in [-0.15, -0.1) is 24.0 Å². The molecule has 1 aliphatic carbocycles. The topological polar surface area (TPSA) is 40.1 Å². The van der Waals surface area contributed by atoms with Crippen molar-refractivity contribution in [2.75, 3.05) is 52.5 Å². The van der Waals surface area contributed by atoms with Crippen LogP contribution in [-0.2, 0) is 4.74 Å². The molecule has 3 rings (SSSR count). The van der Waals surface area contributed by atoms with E-state index >= 15 is 0 Å². The summed E-state index contributed by atoms with van der Waals surface area (Å²) in [5.74, 6) is 1.14. The quantitative estimate of drug-likeness (QED) is 0.395. The van der Waals surface area contributed by atoms with Gasteiger partial charge in [-0.2, -0.15) is 0 Å². The summed E-state index contributed by atoms with van der Waals surface area (Å²) < 4.78 is 5.46. The molecule has 1 atom stereocenters. The lowest BCUT2D eigenvalue weighted by Gasteiger charge is -2.34. The molecule has 1 N–H and O–H groups in total. The van der Waals surface area contributed by atoms with Crippen molar-refractivity contribution in [1.82, 2.24) is 15.1 Å². The highest BCUT2D eigenvalue weighted by atomic mass is 127. The van der Waals surface area contributed by atoms with Crippen LogP contribution in [0.4, 0.5) is 0 Å². The van der Waals surface area contributed by atoms with Gasteiger partial charge >= 0.3 is 0 Å². The first-order valence-electron chi connectivity index (χ1n) is 10.1. The van der Waals surface area contributed by atoms with E-state index in [4.69, 9.17) is 9.73 Å². The highest BCUT2D eigenvalue weighted by Gasteiger charge is 2.39. The Morgan fingerprint density at radius 1 is 1.12 bits per heavy atom. The maximum Gasteiger partial charge on any atom is 0.193 e. The lowest BCUT2D eigenvalue weighted by molar-refractivity contribution is 0.0220. The summed E-state index contributed by atoms with van der Waals surface area (Å²) in [5, 5.41) is 3.54. The largest absolute Gasteiger partial charge is 0.379 e. The predicted molar refractivity (Wildman–Crippen MR) is 115 cm³/mol. The van der Waals surface area contributed by atoms with Gasteiger partial charge in [0, 0.05) is 38.8 Å². The number of likely N-dealkylation sites (tertiary alicyclic amines) is 1. The maximum atomic E-state index is 5.46. The molecule has 3 fully saturated rings. The summed E-state index contributed by atoms with van der Waals surface area (Å²) in [4.78, 5) is 10.0. The zero-order valence-corrected chi connectivity index (χ0v) is 18.5. The van der Waals surface area contributed by atoms with Crippen LogP contribution >= 0.6 is 24.0 Å². The molecule has 0 aromatic rings. The minimum atomic E-state index is 0. The van der Waals surface area contributed by atoms with E-state index in [1.807, 2.05) is 0 Å². The van der Waals surface area contributed by atoms with Gasteiger partial charge in [0.2, 0.25) is 0 Å². The molecule has 5 nitrogen and oxygen atoms in total. The Balaban J connectivity index is 0.00000225. The van der Waals surface area contributed by atoms with Crippen LogP contribution < -0.4 is 5.32 Å². The Morgan fingerprint density at radius 3 is 2.52 bits per heavy atom. The Hall–Kier alpha value is -0.0800. The Kier molecular flexibility index (Phi) is 8.75. The summed E-state index contributed by atoms with van der Waals surface area (Å²) in [6.07, 6.45) is 8.49. The molecule has 0 aromatic carbocycles. The van der Waals surface area contributed by atoms with Crippen molar-refractivity contribution in [1.29, 1.82) is 0 Å². The SMILES string of the molecule is CCNC(=NCC(C)N1CCOCC1)N1CCC2(CCCCC2)C1.I. The van der Waals surface area contributed by atoms with Gasteiger partial charge in [0.05, 0.1) is 19.8 Å². The number of halogens is 1. The highest BCUT2D eigenvalue weighted by molar-refractivity contribution is 14.0. The van der Waals surface area contributed by atoms with E-state index in [0.29, 0.717) is 11.5 Å². The summed E-state index contributed by atoms with van der Waals surface area (Å²) in [6.45, 7) is 12.5. The second kappa shape index (κ2) is 10.3. The second-order valence-electron chi connectivity index (χ2n) is 7.92. The van der Waals surface area contributed by atoms with Crippen molar-refractivity contribution in [2.45, 2.75) is 58.4 Å². The van der Waals surface area contributed by atoms with Gasteiger partial charge in [-0.3, -0.25) is 9.89 Å². The molecular weight excluding hydrogens is 427 g/mol. The molecule has 0 amide bonds. The molecule has 25 heavy (non-hydrogen) atoms. The summed E-state index contributed by atoms with van der Waals surface area (Å²) >= 11 is 0. The van der Waals surface area contributed by atoms with Gasteiger partial charge in [0.25, 0.3) is 0 Å². The fourth-order valence-electron chi connectivity index (χ4n) is 4.60. The van der Waals surface area contributed by atoms with Crippen LogP contribution in [-0.4, -0.2) is 74.3 Å². The minimum absolute atomic E-state index is 0. The summed E-state index contributed by atoms with van der Waals surface area (Å²) in [7, 11) is 0. The molecule has 0 aromatic heterocycles. The molecule has 2 heterocycles.